The summed E-state index contributed by atoms with van der Waals surface area (Å²) in [4.78, 5) is 0. The Morgan fingerprint density at radius 2 is 1.36 bits per heavy atom. The number of hydrogen-bond donors (Lipinski definition) is 0. The lowest BCUT2D eigenvalue weighted by molar-refractivity contribution is 0.456. The van der Waals surface area contributed by atoms with Gasteiger partial charge in [-0.25, -0.2) is 0 Å². The topological polar surface area (TPSA) is 0 Å². The van der Waals surface area contributed by atoms with E-state index in [9.17, 15) is 12.9 Å². The summed E-state index contributed by atoms with van der Waals surface area (Å²) in [5, 5.41) is 0. The van der Waals surface area contributed by atoms with Gasteiger partial charge < -0.3 is 12.9 Å². The lowest BCUT2D eigenvalue weighted by Gasteiger charge is -2.12. The molecule has 2 saturated carbocycles. The maximum atomic E-state index is 12.2. The molecule has 4 heteroatoms. The smallest absolute Gasteiger partial charge is 0.449 e. The SMILES string of the molecule is F[B-](F)(F)C1[C@H]2CCCC[C@@H]12. The molecule has 0 nitrogen and oxygen atoms in total. The monoisotopic (exact) mass is 163 g/mol. The zero-order valence-corrected chi connectivity index (χ0v) is 6.27. The van der Waals surface area contributed by atoms with Crippen molar-refractivity contribution in [3.05, 3.63) is 0 Å². The molecule has 64 valence electrons. The van der Waals surface area contributed by atoms with E-state index in [1.54, 1.807) is 0 Å². The van der Waals surface area contributed by atoms with Crippen LogP contribution in [0.3, 0.4) is 0 Å². The first-order valence-corrected chi connectivity index (χ1v) is 4.30. The number of halogens is 3. The van der Waals surface area contributed by atoms with Gasteiger partial charge in [0.2, 0.25) is 0 Å². The van der Waals surface area contributed by atoms with Crippen molar-refractivity contribution >= 4 is 6.98 Å². The van der Waals surface area contributed by atoms with E-state index in [1.807, 2.05) is 0 Å². The van der Waals surface area contributed by atoms with Crippen molar-refractivity contribution in [1.82, 2.24) is 0 Å². The van der Waals surface area contributed by atoms with Crippen molar-refractivity contribution in [2.45, 2.75) is 31.5 Å². The van der Waals surface area contributed by atoms with Gasteiger partial charge in [-0.3, -0.25) is 0 Å². The molecule has 2 rings (SSSR count). The molecule has 3 atom stereocenters. The Balaban J connectivity index is 2.00. The van der Waals surface area contributed by atoms with E-state index in [1.165, 1.54) is 0 Å². The third-order valence-electron chi connectivity index (χ3n) is 3.16. The zero-order valence-electron chi connectivity index (χ0n) is 6.27. The molecule has 0 heterocycles. The average Bonchev–Trinajstić information content (AvgIpc) is 2.58. The average molecular weight is 163 g/mol. The minimum Gasteiger partial charge on any atom is -0.449 e. The summed E-state index contributed by atoms with van der Waals surface area (Å²) in [7, 11) is 0. The Labute approximate surface area is 64.2 Å². The molecule has 11 heavy (non-hydrogen) atoms. The van der Waals surface area contributed by atoms with E-state index in [4.69, 9.17) is 0 Å². The van der Waals surface area contributed by atoms with Gasteiger partial charge in [0.25, 0.3) is 0 Å². The van der Waals surface area contributed by atoms with E-state index >= 15 is 0 Å². The molecule has 2 aliphatic rings. The summed E-state index contributed by atoms with van der Waals surface area (Å²) >= 11 is 0. The summed E-state index contributed by atoms with van der Waals surface area (Å²) in [6.45, 7) is -4.51. The molecule has 0 aromatic rings. The summed E-state index contributed by atoms with van der Waals surface area (Å²) < 4.78 is 36.6. The molecule has 2 aliphatic carbocycles. The molecule has 0 saturated heterocycles. The number of fused-ring (bicyclic) bond motifs is 1. The molecule has 0 aromatic heterocycles. The summed E-state index contributed by atoms with van der Waals surface area (Å²) in [5.41, 5.74) is 0. The highest BCUT2D eigenvalue weighted by molar-refractivity contribution is 6.61. The van der Waals surface area contributed by atoms with E-state index in [0.29, 0.717) is 0 Å². The Kier molecular flexibility index (Phi) is 1.48. The molecule has 1 unspecified atom stereocenters. The molecular formula is C7H11BF3-. The fraction of sp³-hybridized carbons (Fsp3) is 1.00. The molecule has 0 aromatic carbocycles. The maximum Gasteiger partial charge on any atom is 0.481 e. The van der Waals surface area contributed by atoms with Crippen LogP contribution in [0.2, 0.25) is 5.82 Å². The van der Waals surface area contributed by atoms with E-state index in [2.05, 4.69) is 0 Å². The van der Waals surface area contributed by atoms with Crippen LogP contribution in [0.15, 0.2) is 0 Å². The van der Waals surface area contributed by atoms with Crippen molar-refractivity contribution in [1.29, 1.82) is 0 Å². The Bertz CT molecular complexity index is 154. The predicted octanol–water partition coefficient (Wildman–Crippen LogP) is 3.02. The van der Waals surface area contributed by atoms with E-state index in [0.717, 1.165) is 25.7 Å². The van der Waals surface area contributed by atoms with Gasteiger partial charge in [-0.1, -0.05) is 43.3 Å². The van der Waals surface area contributed by atoms with Crippen molar-refractivity contribution in [2.24, 2.45) is 11.8 Å². The van der Waals surface area contributed by atoms with E-state index < -0.39 is 12.8 Å². The van der Waals surface area contributed by atoms with Crippen molar-refractivity contribution in [2.75, 3.05) is 0 Å². The number of rotatable bonds is 1. The largest absolute Gasteiger partial charge is 0.481 e. The van der Waals surface area contributed by atoms with Crippen molar-refractivity contribution in [3.63, 3.8) is 0 Å². The summed E-state index contributed by atoms with van der Waals surface area (Å²) in [5.74, 6) is -0.801. The van der Waals surface area contributed by atoms with Gasteiger partial charge in [0.15, 0.2) is 0 Å². The second-order valence-electron chi connectivity index (χ2n) is 3.81. The lowest BCUT2D eigenvalue weighted by atomic mass is 9.80. The minimum absolute atomic E-state index is 0.0312. The maximum absolute atomic E-state index is 12.2. The molecule has 0 bridgehead atoms. The fourth-order valence-electron chi connectivity index (χ4n) is 2.61. The highest BCUT2D eigenvalue weighted by Gasteiger charge is 2.58. The molecule has 0 N–H and O–H groups in total. The fourth-order valence-corrected chi connectivity index (χ4v) is 2.61. The Morgan fingerprint density at radius 3 is 1.73 bits per heavy atom. The van der Waals surface area contributed by atoms with Crippen LogP contribution in [0.4, 0.5) is 12.9 Å². The van der Waals surface area contributed by atoms with Gasteiger partial charge in [0.05, 0.1) is 0 Å². The molecule has 0 amide bonds. The van der Waals surface area contributed by atoms with Crippen LogP contribution >= 0.6 is 0 Å². The molecule has 0 spiro atoms. The minimum atomic E-state index is -4.51. The van der Waals surface area contributed by atoms with Gasteiger partial charge in [0, 0.05) is 0 Å². The van der Waals surface area contributed by atoms with Crippen LogP contribution in [-0.4, -0.2) is 6.98 Å². The van der Waals surface area contributed by atoms with Crippen LogP contribution in [0, 0.1) is 11.8 Å². The van der Waals surface area contributed by atoms with Gasteiger partial charge >= 0.3 is 6.98 Å². The van der Waals surface area contributed by atoms with Crippen LogP contribution in [0.5, 0.6) is 0 Å². The molecule has 0 radical (unpaired) electrons. The standard InChI is InChI=1S/C7H11BF3/c9-8(10,11)7-5-3-1-2-4-6(5)7/h5-7H,1-4H2/q-1/t5-,6+,7?. The van der Waals surface area contributed by atoms with Crippen LogP contribution < -0.4 is 0 Å². The normalized spacial score (nSPS) is 43.4. The van der Waals surface area contributed by atoms with Gasteiger partial charge in [0.1, 0.15) is 0 Å². The lowest BCUT2D eigenvalue weighted by Crippen LogP contribution is -2.16. The van der Waals surface area contributed by atoms with Crippen molar-refractivity contribution < 1.29 is 12.9 Å². The first-order chi connectivity index (χ1) is 5.11. The summed E-state index contributed by atoms with van der Waals surface area (Å²) in [6.07, 6.45) is 3.70. The van der Waals surface area contributed by atoms with Gasteiger partial charge in [-0.05, 0) is 0 Å². The Hall–Kier alpha value is -0.145. The second-order valence-corrected chi connectivity index (χ2v) is 3.81. The molecule has 0 aliphatic heterocycles. The molecule has 2 fully saturated rings. The second kappa shape index (κ2) is 2.17. The van der Waals surface area contributed by atoms with Crippen molar-refractivity contribution in [3.8, 4) is 0 Å². The Morgan fingerprint density at radius 1 is 0.909 bits per heavy atom. The van der Waals surface area contributed by atoms with Crippen LogP contribution in [0.25, 0.3) is 0 Å². The van der Waals surface area contributed by atoms with Crippen LogP contribution in [0.1, 0.15) is 25.7 Å². The number of hydrogen-bond acceptors (Lipinski definition) is 0. The third-order valence-corrected chi connectivity index (χ3v) is 3.16. The zero-order chi connectivity index (χ0) is 8.06. The predicted molar refractivity (Wildman–Crippen MR) is 38.3 cm³/mol. The first kappa shape index (κ1) is 7.50. The highest BCUT2D eigenvalue weighted by atomic mass is 19.4. The first-order valence-electron chi connectivity index (χ1n) is 4.30. The van der Waals surface area contributed by atoms with Crippen LogP contribution in [-0.2, 0) is 0 Å². The highest BCUT2D eigenvalue weighted by Crippen LogP contribution is 2.65. The van der Waals surface area contributed by atoms with Gasteiger partial charge in [-0.15, -0.1) is 0 Å². The summed E-state index contributed by atoms with van der Waals surface area (Å²) in [6, 6.07) is 0. The quantitative estimate of drug-likeness (QED) is 0.521. The van der Waals surface area contributed by atoms with E-state index in [-0.39, 0.29) is 11.8 Å². The molecular weight excluding hydrogens is 152 g/mol. The van der Waals surface area contributed by atoms with Gasteiger partial charge in [-0.2, -0.15) is 0 Å². The third kappa shape index (κ3) is 1.16.